The Morgan fingerprint density at radius 2 is 1.67 bits per heavy atom. The number of aliphatic hydroxyl groups is 1. The lowest BCUT2D eigenvalue weighted by molar-refractivity contribution is -0.122. The van der Waals surface area contributed by atoms with Gasteiger partial charge in [-0.15, -0.1) is 0 Å². The van der Waals surface area contributed by atoms with Gasteiger partial charge >= 0.3 is 0 Å². The molecule has 2 atom stereocenters. The third kappa shape index (κ3) is 5.09. The zero-order valence-corrected chi connectivity index (χ0v) is 7.43. The average molecular weight is 176 g/mol. The van der Waals surface area contributed by atoms with E-state index >= 15 is 0 Å². The monoisotopic (exact) mass is 176 g/mol. The van der Waals surface area contributed by atoms with Gasteiger partial charge in [0.2, 0.25) is 0 Å². The fourth-order valence-corrected chi connectivity index (χ4v) is 1.37. The molecule has 4 nitrogen and oxygen atoms in total. The number of rotatable bonds is 0. The van der Waals surface area contributed by atoms with Gasteiger partial charge in [-0.2, -0.15) is 0 Å². The first-order valence-corrected chi connectivity index (χ1v) is 4.01. The number of carbonyl (C=O) groups is 1. The molecule has 12 heavy (non-hydrogen) atoms. The van der Waals surface area contributed by atoms with E-state index < -0.39 is 0 Å². The van der Waals surface area contributed by atoms with Crippen LogP contribution >= 0.6 is 0 Å². The second-order valence-electron chi connectivity index (χ2n) is 2.99. The Morgan fingerprint density at radius 1 is 1.33 bits per heavy atom. The van der Waals surface area contributed by atoms with Crippen LogP contribution in [0.15, 0.2) is 0 Å². The largest absolute Gasteiger partial charge is 0.483 e. The number of aliphatic hydroxyl groups excluding tert-OH is 1. The summed E-state index contributed by atoms with van der Waals surface area (Å²) >= 11 is 0. The second kappa shape index (κ2) is 5.97. The van der Waals surface area contributed by atoms with E-state index in [1.165, 1.54) is 0 Å². The van der Waals surface area contributed by atoms with Crippen LogP contribution < -0.4 is 0 Å². The van der Waals surface area contributed by atoms with Crippen molar-refractivity contribution >= 4 is 6.47 Å². The molecule has 0 radical (unpaired) electrons. The van der Waals surface area contributed by atoms with Crippen LogP contribution in [0.4, 0.5) is 0 Å². The minimum absolute atomic E-state index is 0.135. The highest BCUT2D eigenvalue weighted by Crippen LogP contribution is 2.18. The third-order valence-electron chi connectivity index (χ3n) is 1.67. The summed E-state index contributed by atoms with van der Waals surface area (Å²) in [6.45, 7) is 3.75. The Hall–Kier alpha value is -0.610. The first-order valence-electron chi connectivity index (χ1n) is 4.01. The second-order valence-corrected chi connectivity index (χ2v) is 2.99. The molecule has 2 unspecified atom stereocenters. The van der Waals surface area contributed by atoms with Crippen molar-refractivity contribution in [3.63, 3.8) is 0 Å². The normalized spacial score (nSPS) is 34.8. The van der Waals surface area contributed by atoms with Crippen molar-refractivity contribution in [1.29, 1.82) is 0 Å². The molecule has 1 aliphatic heterocycles. The molecule has 1 heterocycles. The van der Waals surface area contributed by atoms with Crippen LogP contribution in [0.25, 0.3) is 0 Å². The van der Waals surface area contributed by atoms with Crippen molar-refractivity contribution in [2.45, 2.75) is 45.0 Å². The molecule has 72 valence electrons. The molecule has 2 N–H and O–H groups in total. The standard InChI is InChI=1S/C7H14O2.CH2O2/c1-5-3-7(8)4-6(2)9-5;2-1-3/h5-8H,3-4H2,1-2H3;1H,(H,2,3). The van der Waals surface area contributed by atoms with E-state index in [9.17, 15) is 5.11 Å². The number of carboxylic acid groups (broad SMARTS) is 1. The maximum absolute atomic E-state index is 9.17. The van der Waals surface area contributed by atoms with Gasteiger partial charge in [-0.1, -0.05) is 0 Å². The van der Waals surface area contributed by atoms with E-state index in [1.54, 1.807) is 0 Å². The molecule has 0 bridgehead atoms. The Kier molecular flexibility index (Phi) is 5.66. The number of ether oxygens (including phenoxy) is 1. The van der Waals surface area contributed by atoms with E-state index in [1.807, 2.05) is 13.8 Å². The zero-order chi connectivity index (χ0) is 9.56. The van der Waals surface area contributed by atoms with Gasteiger partial charge in [0.25, 0.3) is 6.47 Å². The molecule has 1 fully saturated rings. The van der Waals surface area contributed by atoms with Crippen LogP contribution in [-0.4, -0.2) is 35.0 Å². The van der Waals surface area contributed by atoms with Gasteiger partial charge in [0.05, 0.1) is 18.3 Å². The molecule has 1 rings (SSSR count). The molecule has 1 saturated heterocycles. The van der Waals surface area contributed by atoms with Crippen LogP contribution in [-0.2, 0) is 9.53 Å². The zero-order valence-electron chi connectivity index (χ0n) is 7.43. The summed E-state index contributed by atoms with van der Waals surface area (Å²) in [6.07, 6.45) is 1.94. The summed E-state index contributed by atoms with van der Waals surface area (Å²) in [5.74, 6) is 0. The fraction of sp³-hybridized carbons (Fsp3) is 0.875. The lowest BCUT2D eigenvalue weighted by atomic mass is 10.0. The Labute approximate surface area is 72.2 Å². The van der Waals surface area contributed by atoms with Crippen LogP contribution in [0, 0.1) is 0 Å². The van der Waals surface area contributed by atoms with Crippen molar-refractivity contribution in [1.82, 2.24) is 0 Å². The molecule has 0 aromatic rings. The lowest BCUT2D eigenvalue weighted by Gasteiger charge is -2.28. The molecular weight excluding hydrogens is 160 g/mol. The predicted octanol–water partition coefficient (Wildman–Crippen LogP) is 0.635. The van der Waals surface area contributed by atoms with Gasteiger partial charge in [-0.25, -0.2) is 0 Å². The molecule has 0 aliphatic carbocycles. The molecule has 0 aromatic heterocycles. The summed E-state index contributed by atoms with van der Waals surface area (Å²) in [5.41, 5.74) is 0. The molecule has 1 aliphatic rings. The molecule has 0 amide bonds. The average Bonchev–Trinajstić information content (AvgIpc) is 1.84. The quantitative estimate of drug-likeness (QED) is 0.531. The van der Waals surface area contributed by atoms with Crippen LogP contribution in [0.3, 0.4) is 0 Å². The lowest BCUT2D eigenvalue weighted by Crippen LogP contribution is -2.32. The van der Waals surface area contributed by atoms with Gasteiger partial charge in [-0.05, 0) is 26.7 Å². The summed E-state index contributed by atoms with van der Waals surface area (Å²) in [6, 6.07) is 0. The van der Waals surface area contributed by atoms with Gasteiger partial charge in [0.1, 0.15) is 0 Å². The molecule has 0 spiro atoms. The van der Waals surface area contributed by atoms with Crippen LogP contribution in [0.1, 0.15) is 26.7 Å². The minimum Gasteiger partial charge on any atom is -0.483 e. The van der Waals surface area contributed by atoms with Gasteiger partial charge in [0.15, 0.2) is 0 Å². The topological polar surface area (TPSA) is 66.8 Å². The third-order valence-corrected chi connectivity index (χ3v) is 1.67. The maximum Gasteiger partial charge on any atom is 0.290 e. The molecule has 0 saturated carbocycles. The Bertz CT molecular complexity index is 101. The summed E-state index contributed by atoms with van der Waals surface area (Å²) in [7, 11) is 0. The van der Waals surface area contributed by atoms with E-state index in [0.717, 1.165) is 12.8 Å². The van der Waals surface area contributed by atoms with Gasteiger partial charge in [0, 0.05) is 0 Å². The van der Waals surface area contributed by atoms with Crippen molar-refractivity contribution < 1.29 is 19.7 Å². The van der Waals surface area contributed by atoms with Crippen molar-refractivity contribution in [3.05, 3.63) is 0 Å². The van der Waals surface area contributed by atoms with E-state index in [0.29, 0.717) is 0 Å². The number of hydrogen-bond donors (Lipinski definition) is 2. The van der Waals surface area contributed by atoms with Crippen molar-refractivity contribution in [2.24, 2.45) is 0 Å². The molecule has 0 aromatic carbocycles. The summed E-state index contributed by atoms with van der Waals surface area (Å²) in [5, 5.41) is 16.1. The smallest absolute Gasteiger partial charge is 0.290 e. The highest BCUT2D eigenvalue weighted by Gasteiger charge is 2.21. The minimum atomic E-state index is -0.250. The van der Waals surface area contributed by atoms with E-state index in [4.69, 9.17) is 14.6 Å². The highest BCUT2D eigenvalue weighted by molar-refractivity contribution is 5.32. The first kappa shape index (κ1) is 11.4. The van der Waals surface area contributed by atoms with Crippen molar-refractivity contribution in [3.8, 4) is 0 Å². The van der Waals surface area contributed by atoms with Crippen molar-refractivity contribution in [2.75, 3.05) is 0 Å². The van der Waals surface area contributed by atoms with Gasteiger partial charge in [-0.3, -0.25) is 4.79 Å². The Balaban J connectivity index is 0.000000354. The highest BCUT2D eigenvalue weighted by atomic mass is 16.5. The predicted molar refractivity (Wildman–Crippen MR) is 43.9 cm³/mol. The first-order chi connectivity index (χ1) is 5.60. The summed E-state index contributed by atoms with van der Waals surface area (Å²) in [4.78, 5) is 8.36. The van der Waals surface area contributed by atoms with Crippen LogP contribution in [0.2, 0.25) is 0 Å². The van der Waals surface area contributed by atoms with E-state index in [-0.39, 0.29) is 24.8 Å². The van der Waals surface area contributed by atoms with E-state index in [2.05, 4.69) is 0 Å². The SMILES string of the molecule is CC1CC(O)CC(C)O1.O=CO. The number of hydrogen-bond acceptors (Lipinski definition) is 3. The Morgan fingerprint density at radius 3 is 1.92 bits per heavy atom. The fourth-order valence-electron chi connectivity index (χ4n) is 1.37. The molecule has 4 heteroatoms. The summed E-state index contributed by atoms with van der Waals surface area (Å²) < 4.78 is 5.40. The maximum atomic E-state index is 9.17. The molecular formula is C8H16O4. The van der Waals surface area contributed by atoms with Gasteiger partial charge < -0.3 is 14.9 Å². The van der Waals surface area contributed by atoms with Crippen LogP contribution in [0.5, 0.6) is 0 Å².